The van der Waals surface area contributed by atoms with Gasteiger partial charge in [-0.2, -0.15) is 0 Å². The fraction of sp³-hybridized carbons (Fsp3) is 1.00. The summed E-state index contributed by atoms with van der Waals surface area (Å²) in [5.41, 5.74) is 0. The number of hydrogen-bond acceptors (Lipinski definition) is 4. The van der Waals surface area contributed by atoms with Crippen LogP contribution in [-0.2, 0) is 17.2 Å². The van der Waals surface area contributed by atoms with E-state index in [1.54, 1.807) is 0 Å². The van der Waals surface area contributed by atoms with E-state index in [0.29, 0.717) is 0 Å². The van der Waals surface area contributed by atoms with E-state index in [1.165, 1.54) is 6.42 Å². The van der Waals surface area contributed by atoms with Crippen molar-refractivity contribution in [2.75, 3.05) is 5.75 Å². The van der Waals surface area contributed by atoms with Gasteiger partial charge in [-0.05, 0) is 19.0 Å². The molecule has 0 unspecified atom stereocenters. The van der Waals surface area contributed by atoms with Crippen LogP contribution in [0.3, 0.4) is 0 Å². The molecule has 0 aliphatic rings. The normalized spacial score (nSPS) is 5.60. The van der Waals surface area contributed by atoms with E-state index in [-0.39, 0.29) is 28.5 Å². The minimum Gasteiger partial charge on any atom is -0.870 e. The van der Waals surface area contributed by atoms with Gasteiger partial charge >= 0.3 is 23.1 Å². The smallest absolute Gasteiger partial charge is 0.870 e. The summed E-state index contributed by atoms with van der Waals surface area (Å²) >= 11 is 3.29. The zero-order chi connectivity index (χ0) is 6.99. The van der Waals surface area contributed by atoms with Crippen molar-refractivity contribution in [1.82, 2.24) is 0 Å². The molecular weight excluding hydrogens is 187 g/mol. The van der Waals surface area contributed by atoms with Crippen LogP contribution >= 0.6 is 8.25 Å². The maximum atomic E-state index is 8.48. The molecule has 0 saturated carbocycles. The summed E-state index contributed by atoms with van der Waals surface area (Å²) in [4.78, 5) is 17.0. The van der Waals surface area contributed by atoms with Crippen molar-refractivity contribution in [2.24, 2.45) is 0 Å². The Morgan fingerprint density at radius 2 is 1.60 bits per heavy atom. The molecule has 10 heavy (non-hydrogen) atoms. The summed E-state index contributed by atoms with van der Waals surface area (Å²) < 4.78 is 8.48. The first-order valence-electron chi connectivity index (χ1n) is 2.11. The van der Waals surface area contributed by atoms with Crippen molar-refractivity contribution in [3.8, 4) is 0 Å². The van der Waals surface area contributed by atoms with Gasteiger partial charge in [-0.1, -0.05) is 11.5 Å². The molecule has 0 saturated heterocycles. The largest absolute Gasteiger partial charge is 2.00 e. The van der Waals surface area contributed by atoms with Gasteiger partial charge in [0.25, 0.3) is 8.25 Å². The van der Waals surface area contributed by atoms with Gasteiger partial charge in [-0.25, -0.2) is 0 Å². The van der Waals surface area contributed by atoms with E-state index in [2.05, 4.69) is 19.6 Å². The molecule has 0 atom stereocenters. The van der Waals surface area contributed by atoms with Gasteiger partial charge < -0.3 is 15.3 Å². The second kappa shape index (κ2) is 22.5. The monoisotopic (exact) mass is 197 g/mol. The first kappa shape index (κ1) is 22.5. The molecule has 0 rings (SSSR count). The van der Waals surface area contributed by atoms with Crippen LogP contribution in [0.1, 0.15) is 13.3 Å². The van der Waals surface area contributed by atoms with Gasteiger partial charge in [0.05, 0.1) is 0 Å². The summed E-state index contributed by atoms with van der Waals surface area (Å²) in [7, 11) is -3.37. The second-order valence-corrected chi connectivity index (χ2v) is 1.92. The molecule has 0 aliphatic carbocycles. The van der Waals surface area contributed by atoms with Crippen molar-refractivity contribution < 1.29 is 19.8 Å². The van der Waals surface area contributed by atoms with Crippen LogP contribution in [0.4, 0.5) is 0 Å². The van der Waals surface area contributed by atoms with E-state index in [0.717, 1.165) is 5.75 Å². The Bertz CT molecular complexity index is 58.5. The van der Waals surface area contributed by atoms with Gasteiger partial charge in [0.15, 0.2) is 0 Å². The molecule has 0 aromatic carbocycles. The molecule has 0 amide bonds. The fourth-order valence-corrected chi connectivity index (χ4v) is 0. The summed E-state index contributed by atoms with van der Waals surface area (Å²) in [6.07, 6.45) is 1.23. The van der Waals surface area contributed by atoms with E-state index in [9.17, 15) is 0 Å². The van der Waals surface area contributed by atoms with Crippen molar-refractivity contribution >= 4 is 43.9 Å². The number of hydrogen-bond donors (Lipinski definition) is 0. The van der Waals surface area contributed by atoms with Crippen LogP contribution in [0.15, 0.2) is 0 Å². The standard InChI is InChI=1S/C3H8S.Mg.HO3P.H2O/c1-2-3-4;;1-4(2)3;/h4H,2-3H2,1H3;;(H,1,2,3);1H2/q;+2;;/p-1. The third-order valence-electron chi connectivity index (χ3n) is 0.250. The average molecular weight is 197 g/mol. The Kier molecular flexibility index (Phi) is 50.5. The predicted octanol–water partition coefficient (Wildman–Crippen LogP) is -1.79. The fourth-order valence-electron chi connectivity index (χ4n) is 0. The topological polar surface area (TPSA) is 93.2 Å². The minimum absolute atomic E-state index is 0. The molecule has 0 aromatic rings. The Labute approximate surface area is 82.8 Å². The molecule has 0 fully saturated rings. The second-order valence-electron chi connectivity index (χ2n) is 0.974. The maximum absolute atomic E-state index is 8.48. The molecule has 4 nitrogen and oxygen atoms in total. The molecule has 0 bridgehead atoms. The first-order valence-corrected chi connectivity index (χ1v) is 3.91. The van der Waals surface area contributed by atoms with Crippen molar-refractivity contribution in [3.63, 3.8) is 0 Å². The van der Waals surface area contributed by atoms with Gasteiger partial charge in [0.1, 0.15) is 5.75 Å². The van der Waals surface area contributed by atoms with E-state index in [1.807, 2.05) is 0 Å². The van der Waals surface area contributed by atoms with Crippen LogP contribution in [-0.4, -0.2) is 34.3 Å². The zero-order valence-electron chi connectivity index (χ0n) is 5.74. The van der Waals surface area contributed by atoms with Gasteiger partial charge in [0, 0.05) is 0 Å². The first-order chi connectivity index (χ1) is 3.65. The SMILES string of the molecule is CCC[SH2+].O=[P+]([O-])[O-].[Mg+2].[OH-]. The molecule has 1 N–H and O–H groups in total. The summed E-state index contributed by atoms with van der Waals surface area (Å²) in [6.45, 7) is 2.13. The van der Waals surface area contributed by atoms with E-state index >= 15 is 0 Å². The predicted molar refractivity (Wildman–Crippen MR) is 40.6 cm³/mol. The Balaban J connectivity index is -0.0000000300. The van der Waals surface area contributed by atoms with Gasteiger partial charge in [-0.15, -0.1) is 0 Å². The van der Waals surface area contributed by atoms with Crippen molar-refractivity contribution in [1.29, 1.82) is 0 Å². The Morgan fingerprint density at radius 3 is 1.60 bits per heavy atom. The maximum Gasteiger partial charge on any atom is 2.00 e. The third kappa shape index (κ3) is 136. The quantitative estimate of drug-likeness (QED) is 0.282. The average Bonchev–Trinajstić information content (AvgIpc) is 1.65. The van der Waals surface area contributed by atoms with Crippen LogP contribution in [0.25, 0.3) is 0 Å². The molecule has 0 heterocycles. The minimum atomic E-state index is -3.37. The van der Waals surface area contributed by atoms with Crippen molar-refractivity contribution in [2.45, 2.75) is 13.3 Å². The molecule has 58 valence electrons. The molecule has 0 aliphatic heterocycles. The van der Waals surface area contributed by atoms with E-state index < -0.39 is 8.25 Å². The molecule has 7 heteroatoms. The molecule has 0 spiro atoms. The summed E-state index contributed by atoms with van der Waals surface area (Å²) in [6, 6.07) is 0. The summed E-state index contributed by atoms with van der Waals surface area (Å²) in [5, 5.41) is 0. The zero-order valence-corrected chi connectivity index (χ0v) is 9.05. The van der Waals surface area contributed by atoms with Crippen LogP contribution in [0.2, 0.25) is 0 Å². The van der Waals surface area contributed by atoms with Crippen LogP contribution < -0.4 is 9.79 Å². The van der Waals surface area contributed by atoms with Gasteiger partial charge in [-0.3, -0.25) is 0 Å². The van der Waals surface area contributed by atoms with Gasteiger partial charge in [0.2, 0.25) is 0 Å². The van der Waals surface area contributed by atoms with Crippen LogP contribution in [0, 0.1) is 0 Å². The molecule has 0 aromatic heterocycles. The van der Waals surface area contributed by atoms with E-state index in [4.69, 9.17) is 14.4 Å². The van der Waals surface area contributed by atoms with Crippen molar-refractivity contribution in [3.05, 3.63) is 0 Å². The third-order valence-corrected chi connectivity index (χ3v) is 0.750. The molecule has 0 radical (unpaired) electrons. The Hall–Kier alpha value is 1.10. The van der Waals surface area contributed by atoms with Crippen LogP contribution in [0.5, 0.6) is 0 Å². The summed E-state index contributed by atoms with van der Waals surface area (Å²) in [5.74, 6) is 1.12. The Morgan fingerprint density at radius 1 is 1.50 bits per heavy atom. The number of rotatable bonds is 1. The molecular formula is C3H10MgO4PS+.